The van der Waals surface area contributed by atoms with Gasteiger partial charge in [-0.1, -0.05) is 109 Å². The molecule has 3 nitrogen and oxygen atoms in total. The van der Waals surface area contributed by atoms with Crippen molar-refractivity contribution in [1.29, 1.82) is 0 Å². The highest BCUT2D eigenvalue weighted by Crippen LogP contribution is 2.48. The van der Waals surface area contributed by atoms with Crippen LogP contribution in [0, 0.1) is 20.8 Å². The Morgan fingerprint density at radius 3 is 1.71 bits per heavy atom. The van der Waals surface area contributed by atoms with Gasteiger partial charge >= 0.3 is 7.25 Å². The van der Waals surface area contributed by atoms with Crippen LogP contribution in [0.3, 0.4) is 0 Å². The summed E-state index contributed by atoms with van der Waals surface area (Å²) in [5.74, 6) is 0.868. The van der Waals surface area contributed by atoms with Crippen LogP contribution in [0.25, 0.3) is 11.1 Å². The molecular weight excluding hydrogens is 575 g/mol. The second-order valence-electron chi connectivity index (χ2n) is 11.1. The number of para-hydroxylation sites is 2. The first-order valence-electron chi connectivity index (χ1n) is 14.8. The molecule has 0 unspecified atom stereocenters. The van der Waals surface area contributed by atoms with Crippen molar-refractivity contribution in [2.24, 2.45) is 0 Å². The zero-order chi connectivity index (χ0) is 32.1. The maximum Gasteiger partial charge on any atom is 0.673 e. The van der Waals surface area contributed by atoms with Crippen LogP contribution in [0.2, 0.25) is 0 Å². The molecule has 0 aliphatic carbocycles. The number of nitrogens with zero attached hydrogens (tertiary/aromatic N) is 2. The van der Waals surface area contributed by atoms with Gasteiger partial charge in [0.15, 0.2) is 12.1 Å². The molecule has 1 heterocycles. The average Bonchev–Trinajstić information content (AvgIpc) is 3.40. The van der Waals surface area contributed by atoms with Crippen molar-refractivity contribution in [3.05, 3.63) is 149 Å². The third-order valence-corrected chi connectivity index (χ3v) is 7.90. The molecule has 0 spiro atoms. The minimum atomic E-state index is -6.00. The summed E-state index contributed by atoms with van der Waals surface area (Å²) in [5.41, 5.74) is 11.0. The number of halogens is 4. The lowest BCUT2D eigenvalue weighted by Gasteiger charge is -2.26. The number of rotatable bonds is 6. The second-order valence-corrected chi connectivity index (χ2v) is 11.1. The fourth-order valence-electron chi connectivity index (χ4n) is 6.35. The van der Waals surface area contributed by atoms with Crippen LogP contribution in [-0.2, 0) is 0 Å². The normalized spacial score (nSPS) is 16.1. The minimum absolute atomic E-state index is 0.0413. The molecule has 0 fully saturated rings. The Bertz CT molecular complexity index is 1760. The van der Waals surface area contributed by atoms with Crippen molar-refractivity contribution in [1.82, 2.24) is 0 Å². The van der Waals surface area contributed by atoms with Gasteiger partial charge in [-0.05, 0) is 50.1 Å². The fourth-order valence-corrected chi connectivity index (χ4v) is 6.35. The molecule has 0 aromatic heterocycles. The summed E-state index contributed by atoms with van der Waals surface area (Å²) in [7, 11) is -4.26. The lowest BCUT2D eigenvalue weighted by Crippen LogP contribution is -2.26. The standard InChI is InChI=1S/C37H35N2O.BF4/c1-26-23-27(2)35(28(3)24-26)39-25-38(33-21-13-11-19-31(33)32-20-12-14-22-34(32)40-4)36(29-15-7-5-8-16-29)37(39)30-17-9-6-10-18-30;2-1(3,4)5/h5-25,36-37H,1-4H3;/q+1;-1/t36-,37-;/m0./s1. The number of hydrogen-bond donors (Lipinski definition) is 0. The highest BCUT2D eigenvalue weighted by molar-refractivity contribution is 6.50. The van der Waals surface area contributed by atoms with Crippen LogP contribution < -0.4 is 9.64 Å². The molecular formula is C37H35BF4N2O. The molecule has 5 aromatic carbocycles. The van der Waals surface area contributed by atoms with Gasteiger partial charge in [-0.15, -0.1) is 0 Å². The van der Waals surface area contributed by atoms with E-state index in [1.54, 1.807) is 7.11 Å². The Balaban J connectivity index is 0.000000743. The number of aryl methyl sites for hydroxylation is 3. The van der Waals surface area contributed by atoms with Crippen molar-refractivity contribution in [3.8, 4) is 16.9 Å². The largest absolute Gasteiger partial charge is 0.673 e. The van der Waals surface area contributed by atoms with E-state index in [1.807, 2.05) is 12.1 Å². The summed E-state index contributed by atoms with van der Waals surface area (Å²) in [6.07, 6.45) is 2.33. The Morgan fingerprint density at radius 2 is 1.13 bits per heavy atom. The Hall–Kier alpha value is -4.85. The van der Waals surface area contributed by atoms with E-state index in [4.69, 9.17) is 4.74 Å². The number of hydrogen-bond acceptors (Lipinski definition) is 2. The highest BCUT2D eigenvalue weighted by atomic mass is 19.5. The molecule has 0 radical (unpaired) electrons. The van der Waals surface area contributed by atoms with Gasteiger partial charge in [-0.3, -0.25) is 0 Å². The van der Waals surface area contributed by atoms with Crippen LogP contribution in [0.4, 0.5) is 28.6 Å². The van der Waals surface area contributed by atoms with Crippen molar-refractivity contribution >= 4 is 25.0 Å². The van der Waals surface area contributed by atoms with E-state index < -0.39 is 7.25 Å². The number of methoxy groups -OCH3 is 1. The van der Waals surface area contributed by atoms with Crippen LogP contribution >= 0.6 is 0 Å². The molecule has 0 amide bonds. The van der Waals surface area contributed by atoms with E-state index in [1.165, 1.54) is 33.5 Å². The van der Waals surface area contributed by atoms with Crippen molar-refractivity contribution in [2.45, 2.75) is 32.9 Å². The summed E-state index contributed by atoms with van der Waals surface area (Å²) >= 11 is 0. The molecule has 2 atom stereocenters. The molecule has 5 aromatic rings. The number of benzene rings is 5. The van der Waals surface area contributed by atoms with Crippen LogP contribution in [0.15, 0.2) is 121 Å². The van der Waals surface area contributed by atoms with Crippen LogP contribution in [0.1, 0.15) is 39.9 Å². The van der Waals surface area contributed by atoms with Crippen molar-refractivity contribution < 1.29 is 26.6 Å². The zero-order valence-corrected chi connectivity index (χ0v) is 25.7. The Morgan fingerprint density at radius 1 is 0.644 bits per heavy atom. The highest BCUT2D eigenvalue weighted by Gasteiger charge is 2.47. The summed E-state index contributed by atoms with van der Waals surface area (Å²) in [5, 5.41) is 0. The minimum Gasteiger partial charge on any atom is -0.496 e. The van der Waals surface area contributed by atoms with E-state index >= 15 is 0 Å². The third-order valence-electron chi connectivity index (χ3n) is 7.90. The molecule has 45 heavy (non-hydrogen) atoms. The first-order chi connectivity index (χ1) is 21.6. The number of ether oxygens (including phenoxy) is 1. The summed E-state index contributed by atoms with van der Waals surface area (Å²) in [4.78, 5) is 2.47. The lowest BCUT2D eigenvalue weighted by molar-refractivity contribution is -0.482. The fraction of sp³-hybridized carbons (Fsp3) is 0.162. The van der Waals surface area contributed by atoms with E-state index in [0.717, 1.165) is 22.6 Å². The first-order valence-corrected chi connectivity index (χ1v) is 14.8. The molecule has 8 heteroatoms. The van der Waals surface area contributed by atoms with Crippen molar-refractivity contribution in [2.75, 3.05) is 12.0 Å². The molecule has 1 aliphatic rings. The van der Waals surface area contributed by atoms with E-state index in [-0.39, 0.29) is 12.1 Å². The van der Waals surface area contributed by atoms with Gasteiger partial charge in [0.25, 0.3) is 0 Å². The molecule has 0 N–H and O–H groups in total. The van der Waals surface area contributed by atoms with Gasteiger partial charge in [0.05, 0.1) is 7.11 Å². The average molecular weight is 611 g/mol. The van der Waals surface area contributed by atoms with Crippen LogP contribution in [0.5, 0.6) is 5.75 Å². The Labute approximate surface area is 262 Å². The van der Waals surface area contributed by atoms with Gasteiger partial charge in [-0.25, -0.2) is 9.48 Å². The van der Waals surface area contributed by atoms with E-state index in [9.17, 15) is 17.3 Å². The Kier molecular flexibility index (Phi) is 9.42. The van der Waals surface area contributed by atoms with Gasteiger partial charge in [-0.2, -0.15) is 0 Å². The van der Waals surface area contributed by atoms with Gasteiger partial charge in [0, 0.05) is 22.3 Å². The molecule has 6 rings (SSSR count). The lowest BCUT2D eigenvalue weighted by atomic mass is 9.91. The van der Waals surface area contributed by atoms with Crippen molar-refractivity contribution in [3.63, 3.8) is 0 Å². The quantitative estimate of drug-likeness (QED) is 0.108. The molecule has 0 saturated carbocycles. The summed E-state index contributed by atoms with van der Waals surface area (Å²) < 4.78 is 47.3. The van der Waals surface area contributed by atoms with E-state index in [0.29, 0.717) is 0 Å². The summed E-state index contributed by atoms with van der Waals surface area (Å²) in [6, 6.07) is 43.5. The predicted molar refractivity (Wildman–Crippen MR) is 176 cm³/mol. The molecule has 1 aliphatic heterocycles. The van der Waals surface area contributed by atoms with E-state index in [2.05, 4.69) is 146 Å². The smallest absolute Gasteiger partial charge is 0.496 e. The maximum absolute atomic E-state index is 9.75. The molecule has 230 valence electrons. The third kappa shape index (κ3) is 7.12. The van der Waals surface area contributed by atoms with Gasteiger partial charge < -0.3 is 22.0 Å². The zero-order valence-electron chi connectivity index (χ0n) is 25.7. The predicted octanol–water partition coefficient (Wildman–Crippen LogP) is 10.3. The second kappa shape index (κ2) is 13.4. The topological polar surface area (TPSA) is 15.5 Å². The molecule has 0 saturated heterocycles. The monoisotopic (exact) mass is 610 g/mol. The summed E-state index contributed by atoms with van der Waals surface area (Å²) in [6.45, 7) is 6.64. The first kappa shape index (κ1) is 31.6. The SMILES string of the molecule is COc1ccccc1-c1ccccc1N1C=[N+](c2c(C)cc(C)cc2C)[C@@H](c2ccccc2)[C@@H]1c1ccccc1.F[B-](F)(F)F. The van der Waals surface area contributed by atoms with Crippen LogP contribution in [-0.4, -0.2) is 25.3 Å². The molecule has 0 bridgehead atoms. The van der Waals surface area contributed by atoms with Gasteiger partial charge in [0.2, 0.25) is 6.34 Å². The van der Waals surface area contributed by atoms with Gasteiger partial charge in [0.1, 0.15) is 17.1 Å². The number of anilines is 1. The maximum atomic E-state index is 9.75.